The highest BCUT2D eigenvalue weighted by Crippen LogP contribution is 2.41. The lowest BCUT2D eigenvalue weighted by Crippen LogP contribution is -1.95. The third-order valence-electron chi connectivity index (χ3n) is 1.79. The smallest absolute Gasteiger partial charge is 0.332 e. The van der Waals surface area contributed by atoms with Gasteiger partial charge in [-0.3, -0.25) is 4.99 Å². The van der Waals surface area contributed by atoms with E-state index in [0.29, 0.717) is 18.2 Å². The Morgan fingerprint density at radius 3 is 3.36 bits per heavy atom. The molecule has 0 bridgehead atoms. The standard InChI is InChI=1S/C7H5NO3/c1-4-5(2-8-1)11-7-6(4)9-3-10-7/h1H,2-3H2. The Balaban J connectivity index is 2.28. The van der Waals surface area contributed by atoms with Gasteiger partial charge in [0.1, 0.15) is 5.76 Å². The second-order valence-corrected chi connectivity index (χ2v) is 2.43. The first kappa shape index (κ1) is 5.23. The molecule has 1 aromatic rings. The molecule has 0 aliphatic carbocycles. The molecule has 0 N–H and O–H groups in total. The molecule has 0 atom stereocenters. The number of ether oxygens (including phenoxy) is 2. The molecule has 0 saturated heterocycles. The Morgan fingerprint density at radius 2 is 2.36 bits per heavy atom. The largest absolute Gasteiger partial charge is 0.449 e. The highest BCUT2D eigenvalue weighted by molar-refractivity contribution is 5.88. The summed E-state index contributed by atoms with van der Waals surface area (Å²) < 4.78 is 15.5. The Labute approximate surface area is 62.4 Å². The van der Waals surface area contributed by atoms with Gasteiger partial charge in [-0.1, -0.05) is 0 Å². The fraction of sp³-hybridized carbons (Fsp3) is 0.286. The van der Waals surface area contributed by atoms with Gasteiger partial charge in [0.2, 0.25) is 12.5 Å². The van der Waals surface area contributed by atoms with Crippen molar-refractivity contribution in [3.63, 3.8) is 0 Å². The maximum Gasteiger partial charge on any atom is 0.332 e. The maximum absolute atomic E-state index is 5.30. The zero-order valence-electron chi connectivity index (χ0n) is 5.66. The summed E-state index contributed by atoms with van der Waals surface area (Å²) in [5.74, 6) is 2.05. The quantitative estimate of drug-likeness (QED) is 0.554. The lowest BCUT2D eigenvalue weighted by atomic mass is 10.3. The first-order valence-corrected chi connectivity index (χ1v) is 3.36. The first-order chi connectivity index (χ1) is 5.45. The van der Waals surface area contributed by atoms with Gasteiger partial charge in [-0.15, -0.1) is 0 Å². The van der Waals surface area contributed by atoms with E-state index >= 15 is 0 Å². The molecule has 0 saturated carbocycles. The molecule has 0 unspecified atom stereocenters. The van der Waals surface area contributed by atoms with E-state index < -0.39 is 0 Å². The van der Waals surface area contributed by atoms with Crippen LogP contribution in [0.5, 0.6) is 11.7 Å². The van der Waals surface area contributed by atoms with Gasteiger partial charge in [0.05, 0.1) is 12.1 Å². The molecule has 4 nitrogen and oxygen atoms in total. The zero-order chi connectivity index (χ0) is 7.26. The summed E-state index contributed by atoms with van der Waals surface area (Å²) in [6.07, 6.45) is 1.76. The van der Waals surface area contributed by atoms with Gasteiger partial charge < -0.3 is 13.9 Å². The summed E-state index contributed by atoms with van der Waals surface area (Å²) in [5.41, 5.74) is 0.942. The molecule has 3 heterocycles. The van der Waals surface area contributed by atoms with E-state index in [1.165, 1.54) is 0 Å². The highest BCUT2D eigenvalue weighted by Gasteiger charge is 2.28. The van der Waals surface area contributed by atoms with Crippen molar-refractivity contribution in [2.24, 2.45) is 4.99 Å². The molecule has 0 fully saturated rings. The number of hydrogen-bond acceptors (Lipinski definition) is 4. The van der Waals surface area contributed by atoms with Crippen molar-refractivity contribution in [2.45, 2.75) is 6.54 Å². The van der Waals surface area contributed by atoms with E-state index in [-0.39, 0.29) is 6.79 Å². The molecule has 11 heavy (non-hydrogen) atoms. The van der Waals surface area contributed by atoms with Crippen LogP contribution in [-0.2, 0) is 6.54 Å². The van der Waals surface area contributed by atoms with Crippen LogP contribution in [0.3, 0.4) is 0 Å². The summed E-state index contributed by atoms with van der Waals surface area (Å²) in [6.45, 7) is 0.865. The van der Waals surface area contributed by atoms with E-state index in [1.807, 2.05) is 0 Å². The van der Waals surface area contributed by atoms with Crippen LogP contribution in [0.25, 0.3) is 0 Å². The monoisotopic (exact) mass is 151 g/mol. The average molecular weight is 151 g/mol. The van der Waals surface area contributed by atoms with Crippen molar-refractivity contribution in [1.82, 2.24) is 0 Å². The van der Waals surface area contributed by atoms with Crippen molar-refractivity contribution in [1.29, 1.82) is 0 Å². The van der Waals surface area contributed by atoms with Gasteiger partial charge >= 0.3 is 5.95 Å². The fourth-order valence-corrected chi connectivity index (χ4v) is 1.29. The van der Waals surface area contributed by atoms with Crippen LogP contribution in [0.2, 0.25) is 0 Å². The number of nitrogens with zero attached hydrogens (tertiary/aromatic N) is 1. The fourth-order valence-electron chi connectivity index (χ4n) is 1.29. The van der Waals surface area contributed by atoms with E-state index in [2.05, 4.69) is 4.99 Å². The van der Waals surface area contributed by atoms with Gasteiger partial charge in [0, 0.05) is 6.21 Å². The van der Waals surface area contributed by atoms with E-state index in [0.717, 1.165) is 11.3 Å². The summed E-state index contributed by atoms with van der Waals surface area (Å²) in [7, 11) is 0. The van der Waals surface area contributed by atoms with E-state index in [4.69, 9.17) is 13.9 Å². The molecule has 0 radical (unpaired) electrons. The number of fused-ring (bicyclic) bond motifs is 3. The van der Waals surface area contributed by atoms with Gasteiger partial charge in [-0.25, -0.2) is 0 Å². The SMILES string of the molecule is C1=NCc2oc3c(c21)OCO3. The van der Waals surface area contributed by atoms with Crippen LogP contribution in [0.15, 0.2) is 9.41 Å². The lowest BCUT2D eigenvalue weighted by molar-refractivity contribution is 0.148. The first-order valence-electron chi connectivity index (χ1n) is 3.36. The minimum Gasteiger partial charge on any atom is -0.449 e. The highest BCUT2D eigenvalue weighted by atomic mass is 16.7. The third kappa shape index (κ3) is 0.520. The Morgan fingerprint density at radius 1 is 1.36 bits per heavy atom. The molecular formula is C7H5NO3. The van der Waals surface area contributed by atoms with E-state index in [9.17, 15) is 0 Å². The Bertz CT molecular complexity index is 340. The molecule has 3 rings (SSSR count). The molecule has 56 valence electrons. The molecule has 1 aromatic heterocycles. The van der Waals surface area contributed by atoms with Crippen LogP contribution in [0.4, 0.5) is 0 Å². The predicted molar refractivity (Wildman–Crippen MR) is 36.1 cm³/mol. The summed E-state index contributed by atoms with van der Waals surface area (Å²) in [4.78, 5) is 4.03. The van der Waals surface area contributed by atoms with Crippen LogP contribution in [-0.4, -0.2) is 13.0 Å². The Kier molecular flexibility index (Phi) is 0.753. The predicted octanol–water partition coefficient (Wildman–Crippen LogP) is 0.941. The minimum absolute atomic E-state index is 0.259. The van der Waals surface area contributed by atoms with Crippen molar-refractivity contribution in [3.8, 4) is 11.7 Å². The summed E-state index contributed by atoms with van der Waals surface area (Å²) >= 11 is 0. The lowest BCUT2D eigenvalue weighted by Gasteiger charge is -1.91. The number of furan rings is 1. The molecule has 2 aliphatic rings. The zero-order valence-corrected chi connectivity index (χ0v) is 5.66. The Hall–Kier alpha value is -1.45. The van der Waals surface area contributed by atoms with Crippen molar-refractivity contribution in [2.75, 3.05) is 6.79 Å². The molecular weight excluding hydrogens is 146 g/mol. The third-order valence-corrected chi connectivity index (χ3v) is 1.79. The molecule has 0 aromatic carbocycles. The summed E-state index contributed by atoms with van der Waals surface area (Å²) in [6, 6.07) is 0. The van der Waals surface area contributed by atoms with Crippen molar-refractivity contribution < 1.29 is 13.9 Å². The normalized spacial score (nSPS) is 17.5. The number of aliphatic imine (C=N–C) groups is 1. The van der Waals surface area contributed by atoms with Gasteiger partial charge in [-0.2, -0.15) is 0 Å². The molecule has 0 amide bonds. The second-order valence-electron chi connectivity index (χ2n) is 2.43. The summed E-state index contributed by atoms with van der Waals surface area (Å²) in [5, 5.41) is 0. The molecule has 0 spiro atoms. The second kappa shape index (κ2) is 1.58. The number of rotatable bonds is 0. The van der Waals surface area contributed by atoms with Crippen molar-refractivity contribution >= 4 is 6.21 Å². The van der Waals surface area contributed by atoms with Gasteiger partial charge in [0.15, 0.2) is 0 Å². The van der Waals surface area contributed by atoms with Gasteiger partial charge in [-0.05, 0) is 0 Å². The minimum atomic E-state index is 0.259. The van der Waals surface area contributed by atoms with E-state index in [1.54, 1.807) is 6.21 Å². The average Bonchev–Trinajstić information content (AvgIpc) is 2.52. The molecule has 4 heteroatoms. The topological polar surface area (TPSA) is 44.0 Å². The van der Waals surface area contributed by atoms with Crippen LogP contribution >= 0.6 is 0 Å². The maximum atomic E-state index is 5.30. The number of hydrogen-bond donors (Lipinski definition) is 0. The van der Waals surface area contributed by atoms with Crippen LogP contribution < -0.4 is 9.47 Å². The van der Waals surface area contributed by atoms with Crippen LogP contribution in [0.1, 0.15) is 11.3 Å². The molecule has 2 aliphatic heterocycles. The van der Waals surface area contributed by atoms with Crippen LogP contribution in [0, 0.1) is 0 Å². The van der Waals surface area contributed by atoms with Crippen molar-refractivity contribution in [3.05, 3.63) is 11.3 Å². The van der Waals surface area contributed by atoms with Gasteiger partial charge in [0.25, 0.3) is 0 Å².